The Hall–Kier alpha value is -3.43. The largest absolute Gasteiger partial charge is 0.301 e. The smallest absolute Gasteiger partial charge is 0.272 e. The fourth-order valence-corrected chi connectivity index (χ4v) is 1.65. The van der Waals surface area contributed by atoms with Crippen molar-refractivity contribution in [2.45, 2.75) is 0 Å². The molecule has 0 spiro atoms. The minimum absolute atomic E-state index is 0.0839. The molecule has 0 aliphatic rings. The van der Waals surface area contributed by atoms with E-state index in [1.807, 2.05) is 0 Å². The lowest BCUT2D eigenvalue weighted by Crippen LogP contribution is -1.99. The maximum atomic E-state index is 13.0. The first kappa shape index (κ1) is 15.9. The zero-order chi connectivity index (χ0) is 17.0. The van der Waals surface area contributed by atoms with Gasteiger partial charge in [-0.05, 0) is 23.8 Å². The lowest BCUT2D eigenvalue weighted by atomic mass is 10.2. The second kappa shape index (κ2) is 6.56. The number of nitro groups is 2. The molecule has 1 N–H and O–H groups in total. The van der Waals surface area contributed by atoms with Crippen molar-refractivity contribution in [3.8, 4) is 0 Å². The summed E-state index contributed by atoms with van der Waals surface area (Å²) in [4.78, 5) is 20.0. The van der Waals surface area contributed by atoms with E-state index in [1.165, 1.54) is 6.07 Å². The van der Waals surface area contributed by atoms with Gasteiger partial charge in [0, 0.05) is 6.07 Å². The van der Waals surface area contributed by atoms with E-state index in [9.17, 15) is 29.0 Å². The van der Waals surface area contributed by atoms with Crippen molar-refractivity contribution in [2.24, 2.45) is 5.10 Å². The highest BCUT2D eigenvalue weighted by atomic mass is 19.2. The third-order valence-electron chi connectivity index (χ3n) is 2.73. The van der Waals surface area contributed by atoms with Gasteiger partial charge in [0.15, 0.2) is 11.6 Å². The molecule has 2 aromatic rings. The van der Waals surface area contributed by atoms with E-state index in [2.05, 4.69) is 10.5 Å². The minimum Gasteiger partial charge on any atom is -0.272 e. The van der Waals surface area contributed by atoms with Gasteiger partial charge in [0.2, 0.25) is 0 Å². The number of benzene rings is 2. The summed E-state index contributed by atoms with van der Waals surface area (Å²) in [5.41, 5.74) is 1.49. The first-order valence-corrected chi connectivity index (χ1v) is 6.05. The van der Waals surface area contributed by atoms with Gasteiger partial charge in [0.25, 0.3) is 5.69 Å². The third-order valence-corrected chi connectivity index (χ3v) is 2.73. The van der Waals surface area contributed by atoms with Gasteiger partial charge in [-0.3, -0.25) is 25.7 Å². The maximum absolute atomic E-state index is 13.0. The molecule has 23 heavy (non-hydrogen) atoms. The van der Waals surface area contributed by atoms with E-state index in [0.717, 1.165) is 36.5 Å². The molecular weight excluding hydrogens is 314 g/mol. The molecule has 2 rings (SSSR count). The highest BCUT2D eigenvalue weighted by Gasteiger charge is 2.19. The number of non-ortho nitro benzene ring substituents is 1. The standard InChI is InChI=1S/C13H8F2N4O4/c14-10-3-1-8(5-11(10)15)7-16-17-12-4-2-9(18(20)21)6-13(12)19(22)23/h1-7,17H/b16-7-. The van der Waals surface area contributed by atoms with Crippen LogP contribution in [0.25, 0.3) is 0 Å². The Morgan fingerprint density at radius 3 is 2.35 bits per heavy atom. The Morgan fingerprint density at radius 2 is 1.74 bits per heavy atom. The first-order valence-electron chi connectivity index (χ1n) is 6.05. The molecule has 0 bridgehead atoms. The molecule has 0 fully saturated rings. The molecule has 0 heterocycles. The number of anilines is 1. The van der Waals surface area contributed by atoms with Crippen molar-refractivity contribution < 1.29 is 18.6 Å². The zero-order valence-electron chi connectivity index (χ0n) is 11.3. The molecule has 0 amide bonds. The highest BCUT2D eigenvalue weighted by Crippen LogP contribution is 2.28. The zero-order valence-corrected chi connectivity index (χ0v) is 11.3. The average molecular weight is 322 g/mol. The summed E-state index contributed by atoms with van der Waals surface area (Å²) < 4.78 is 25.8. The average Bonchev–Trinajstić information content (AvgIpc) is 2.50. The summed E-state index contributed by atoms with van der Waals surface area (Å²) in [5.74, 6) is -2.07. The number of nitrogens with one attached hydrogen (secondary N) is 1. The van der Waals surface area contributed by atoms with Gasteiger partial charge >= 0.3 is 5.69 Å². The molecule has 8 nitrogen and oxygen atoms in total. The van der Waals surface area contributed by atoms with E-state index in [0.29, 0.717) is 0 Å². The van der Waals surface area contributed by atoms with Crippen molar-refractivity contribution in [1.29, 1.82) is 0 Å². The third kappa shape index (κ3) is 3.81. The van der Waals surface area contributed by atoms with Crippen LogP contribution in [0.3, 0.4) is 0 Å². The molecule has 0 aliphatic heterocycles. The van der Waals surface area contributed by atoms with Gasteiger partial charge < -0.3 is 0 Å². The van der Waals surface area contributed by atoms with Crippen LogP contribution in [0, 0.1) is 31.9 Å². The summed E-state index contributed by atoms with van der Waals surface area (Å²) in [7, 11) is 0. The van der Waals surface area contributed by atoms with Crippen molar-refractivity contribution >= 4 is 23.3 Å². The van der Waals surface area contributed by atoms with Crippen LogP contribution < -0.4 is 5.43 Å². The number of nitrogens with zero attached hydrogens (tertiary/aromatic N) is 3. The lowest BCUT2D eigenvalue weighted by molar-refractivity contribution is -0.393. The molecule has 0 atom stereocenters. The molecule has 0 unspecified atom stereocenters. The Morgan fingerprint density at radius 1 is 1.00 bits per heavy atom. The Bertz CT molecular complexity index is 811. The monoisotopic (exact) mass is 322 g/mol. The van der Waals surface area contributed by atoms with Crippen LogP contribution in [0.1, 0.15) is 5.56 Å². The van der Waals surface area contributed by atoms with Crippen LogP contribution in [-0.4, -0.2) is 16.1 Å². The number of hydrazone groups is 1. The molecular formula is C13H8F2N4O4. The second-order valence-corrected chi connectivity index (χ2v) is 4.26. The SMILES string of the molecule is O=[N+]([O-])c1ccc(N/N=C\c2ccc(F)c(F)c2)c([N+](=O)[O-])c1. The summed E-state index contributed by atoms with van der Waals surface area (Å²) in [6.07, 6.45) is 1.12. The summed E-state index contributed by atoms with van der Waals surface area (Å²) >= 11 is 0. The van der Waals surface area contributed by atoms with Crippen LogP contribution in [0.5, 0.6) is 0 Å². The van der Waals surface area contributed by atoms with Crippen molar-refractivity contribution in [1.82, 2.24) is 0 Å². The lowest BCUT2D eigenvalue weighted by Gasteiger charge is -2.02. The van der Waals surface area contributed by atoms with Gasteiger partial charge in [0.05, 0.1) is 22.1 Å². The van der Waals surface area contributed by atoms with Crippen molar-refractivity contribution in [3.05, 3.63) is 73.8 Å². The second-order valence-electron chi connectivity index (χ2n) is 4.26. The highest BCUT2D eigenvalue weighted by molar-refractivity contribution is 5.80. The van der Waals surface area contributed by atoms with Gasteiger partial charge in [-0.15, -0.1) is 0 Å². The topological polar surface area (TPSA) is 111 Å². The van der Waals surface area contributed by atoms with Crippen LogP contribution in [0.15, 0.2) is 41.5 Å². The fourth-order valence-electron chi connectivity index (χ4n) is 1.65. The van der Waals surface area contributed by atoms with Crippen LogP contribution in [0.2, 0.25) is 0 Å². The Balaban J connectivity index is 2.22. The number of nitro benzene ring substituents is 2. The predicted molar refractivity (Wildman–Crippen MR) is 77.3 cm³/mol. The summed E-state index contributed by atoms with van der Waals surface area (Å²) in [6.45, 7) is 0. The number of hydrogen-bond acceptors (Lipinski definition) is 6. The number of halogens is 2. The maximum Gasteiger partial charge on any atom is 0.301 e. The van der Waals surface area contributed by atoms with Gasteiger partial charge in [-0.2, -0.15) is 5.10 Å². The molecule has 2 aromatic carbocycles. The number of hydrogen-bond donors (Lipinski definition) is 1. The molecule has 118 valence electrons. The van der Waals surface area contributed by atoms with Gasteiger partial charge in [-0.1, -0.05) is 6.07 Å². The molecule has 0 aliphatic carbocycles. The van der Waals surface area contributed by atoms with Crippen LogP contribution >= 0.6 is 0 Å². The summed E-state index contributed by atoms with van der Waals surface area (Å²) in [6, 6.07) is 6.04. The fraction of sp³-hybridized carbons (Fsp3) is 0. The summed E-state index contributed by atoms with van der Waals surface area (Å²) in [5, 5.41) is 25.2. The Kier molecular flexibility index (Phi) is 4.55. The van der Waals surface area contributed by atoms with E-state index >= 15 is 0 Å². The number of rotatable bonds is 5. The van der Waals surface area contributed by atoms with E-state index in [4.69, 9.17) is 0 Å². The normalized spacial score (nSPS) is 10.7. The van der Waals surface area contributed by atoms with Crippen molar-refractivity contribution in [3.63, 3.8) is 0 Å². The predicted octanol–water partition coefficient (Wildman–Crippen LogP) is 3.23. The molecule has 10 heteroatoms. The van der Waals surface area contributed by atoms with Gasteiger partial charge in [0.1, 0.15) is 5.69 Å². The molecule has 0 radical (unpaired) electrons. The minimum atomic E-state index is -1.06. The van der Waals surface area contributed by atoms with E-state index < -0.39 is 32.9 Å². The first-order chi connectivity index (χ1) is 10.9. The van der Waals surface area contributed by atoms with Gasteiger partial charge in [-0.25, -0.2) is 8.78 Å². The van der Waals surface area contributed by atoms with E-state index in [-0.39, 0.29) is 11.3 Å². The Labute approximate surface area is 127 Å². The quantitative estimate of drug-likeness (QED) is 0.516. The molecule has 0 saturated carbocycles. The molecule has 0 aromatic heterocycles. The van der Waals surface area contributed by atoms with Crippen LogP contribution in [-0.2, 0) is 0 Å². The van der Waals surface area contributed by atoms with E-state index in [1.54, 1.807) is 0 Å². The van der Waals surface area contributed by atoms with Crippen molar-refractivity contribution in [2.75, 3.05) is 5.43 Å². The molecule has 0 saturated heterocycles. The van der Waals surface area contributed by atoms with Crippen LogP contribution in [0.4, 0.5) is 25.8 Å².